The van der Waals surface area contributed by atoms with Gasteiger partial charge in [-0.2, -0.15) is 0 Å². The summed E-state index contributed by atoms with van der Waals surface area (Å²) < 4.78 is 13.6. The maximum Gasteiger partial charge on any atom is 0.191 e. The molecule has 32 heavy (non-hydrogen) atoms. The highest BCUT2D eigenvalue weighted by molar-refractivity contribution is 5.72. The first-order valence-corrected chi connectivity index (χ1v) is 10.9. The molecule has 0 saturated heterocycles. The van der Waals surface area contributed by atoms with Gasteiger partial charge in [0, 0.05) is 24.9 Å². The minimum absolute atomic E-state index is 0.205. The van der Waals surface area contributed by atoms with E-state index in [1.54, 1.807) is 13.3 Å². The van der Waals surface area contributed by atoms with E-state index in [2.05, 4.69) is 57.5 Å². The van der Waals surface area contributed by atoms with Crippen LogP contribution in [0.15, 0.2) is 59.7 Å². The Labute approximate surface area is 187 Å². The monoisotopic (exact) mass is 426 g/mol. The van der Waals surface area contributed by atoms with Crippen LogP contribution in [0.5, 0.6) is 5.75 Å². The minimum Gasteiger partial charge on any atom is -0.496 e. The largest absolute Gasteiger partial charge is 0.496 e. The third-order valence-corrected chi connectivity index (χ3v) is 6.11. The second-order valence-corrected chi connectivity index (χ2v) is 8.25. The molecule has 2 aromatic heterocycles. The highest BCUT2D eigenvalue weighted by Gasteiger charge is 2.29. The van der Waals surface area contributed by atoms with Crippen molar-refractivity contribution >= 4 is 5.57 Å². The Morgan fingerprint density at radius 3 is 2.78 bits per heavy atom. The summed E-state index contributed by atoms with van der Waals surface area (Å²) in [6, 6.07) is 14.5. The molecule has 6 heteroatoms. The van der Waals surface area contributed by atoms with Crippen molar-refractivity contribution in [1.29, 1.82) is 0 Å². The summed E-state index contributed by atoms with van der Waals surface area (Å²) in [6.45, 7) is 8.96. The number of aryl methyl sites for hydroxylation is 1. The number of methoxy groups -OCH3 is 1. The number of ether oxygens (including phenoxy) is 1. The zero-order valence-corrected chi connectivity index (χ0v) is 18.6. The number of oxazole rings is 1. The van der Waals surface area contributed by atoms with Crippen molar-refractivity contribution < 1.29 is 9.15 Å². The molecule has 0 spiro atoms. The number of nitrogens with zero attached hydrogens (tertiary/aromatic N) is 4. The maximum absolute atomic E-state index is 5.70. The van der Waals surface area contributed by atoms with Crippen LogP contribution >= 0.6 is 0 Å². The Hall–Kier alpha value is -3.67. The lowest BCUT2D eigenvalue weighted by atomic mass is 9.86. The molecular formula is C26H26N4O2. The third kappa shape index (κ3) is 3.42. The Morgan fingerprint density at radius 2 is 2.03 bits per heavy atom. The van der Waals surface area contributed by atoms with Gasteiger partial charge in [-0.1, -0.05) is 42.5 Å². The highest BCUT2D eigenvalue weighted by Crippen LogP contribution is 2.39. The van der Waals surface area contributed by atoms with E-state index in [4.69, 9.17) is 9.15 Å². The molecule has 162 valence electrons. The fourth-order valence-corrected chi connectivity index (χ4v) is 4.59. The number of hydrogen-bond acceptors (Lipinski definition) is 5. The van der Waals surface area contributed by atoms with E-state index in [-0.39, 0.29) is 5.92 Å². The van der Waals surface area contributed by atoms with Crippen LogP contribution in [0.4, 0.5) is 0 Å². The average Bonchev–Trinajstić information content (AvgIpc) is 3.44. The van der Waals surface area contributed by atoms with E-state index < -0.39 is 0 Å². The fourth-order valence-electron chi connectivity index (χ4n) is 4.59. The first-order valence-electron chi connectivity index (χ1n) is 10.9. The number of hydrogen-bond donors (Lipinski definition) is 0. The van der Waals surface area contributed by atoms with Crippen LogP contribution in [-0.4, -0.2) is 26.9 Å². The molecule has 1 aliphatic heterocycles. The summed E-state index contributed by atoms with van der Waals surface area (Å²) in [6.07, 6.45) is 3.84. The normalized spacial score (nSPS) is 15.4. The van der Waals surface area contributed by atoms with Crippen molar-refractivity contribution in [3.8, 4) is 28.5 Å². The molecule has 0 N–H and O–H groups in total. The van der Waals surface area contributed by atoms with Crippen molar-refractivity contribution in [2.24, 2.45) is 0 Å². The van der Waals surface area contributed by atoms with Crippen LogP contribution in [0.3, 0.4) is 0 Å². The van der Waals surface area contributed by atoms with Gasteiger partial charge in [-0.05, 0) is 43.0 Å². The van der Waals surface area contributed by atoms with Crippen LogP contribution < -0.4 is 4.74 Å². The first kappa shape index (κ1) is 20.2. The lowest BCUT2D eigenvalue weighted by molar-refractivity contribution is 0.414. The van der Waals surface area contributed by atoms with Crippen LogP contribution in [-0.2, 0) is 6.54 Å². The molecule has 0 radical (unpaired) electrons. The number of fused-ring (bicyclic) bond motifs is 1. The maximum atomic E-state index is 5.70. The summed E-state index contributed by atoms with van der Waals surface area (Å²) in [7, 11) is 1.66. The summed E-state index contributed by atoms with van der Waals surface area (Å²) in [5.41, 5.74) is 5.37. The Morgan fingerprint density at radius 1 is 1.19 bits per heavy atom. The summed E-state index contributed by atoms with van der Waals surface area (Å²) in [5, 5.41) is 9.24. The Balaban J connectivity index is 1.56. The van der Waals surface area contributed by atoms with Crippen molar-refractivity contribution in [2.75, 3.05) is 7.11 Å². The summed E-state index contributed by atoms with van der Waals surface area (Å²) in [4.78, 5) is 4.20. The van der Waals surface area contributed by atoms with Gasteiger partial charge in [0.15, 0.2) is 17.5 Å². The van der Waals surface area contributed by atoms with Crippen molar-refractivity contribution in [3.63, 3.8) is 0 Å². The lowest BCUT2D eigenvalue weighted by Crippen LogP contribution is -2.18. The molecule has 0 bridgehead atoms. The molecule has 0 amide bonds. The minimum atomic E-state index is 0.205. The molecular weight excluding hydrogens is 400 g/mol. The number of aromatic nitrogens is 4. The molecule has 1 unspecified atom stereocenters. The summed E-state index contributed by atoms with van der Waals surface area (Å²) >= 11 is 0. The molecule has 1 aliphatic rings. The van der Waals surface area contributed by atoms with E-state index in [0.29, 0.717) is 11.7 Å². The second kappa shape index (κ2) is 8.11. The zero-order valence-electron chi connectivity index (χ0n) is 18.6. The Bertz CT molecular complexity index is 1300. The van der Waals surface area contributed by atoms with E-state index in [1.165, 1.54) is 11.1 Å². The molecule has 2 aromatic carbocycles. The van der Waals surface area contributed by atoms with Crippen LogP contribution in [0, 0.1) is 6.92 Å². The molecule has 6 nitrogen and oxygen atoms in total. The van der Waals surface area contributed by atoms with Gasteiger partial charge in [-0.15, -0.1) is 10.2 Å². The van der Waals surface area contributed by atoms with Crippen LogP contribution in [0.1, 0.15) is 48.5 Å². The van der Waals surface area contributed by atoms with Crippen molar-refractivity contribution in [1.82, 2.24) is 19.7 Å². The van der Waals surface area contributed by atoms with Gasteiger partial charge in [-0.25, -0.2) is 4.98 Å². The highest BCUT2D eigenvalue weighted by atomic mass is 16.5. The SMILES string of the molecule is C=C(C)c1ccccc1C1CCCn2c(-c3ccc(-c4cnc(C)o4)c(OC)c3)nnc21. The van der Waals surface area contributed by atoms with Crippen molar-refractivity contribution in [2.45, 2.75) is 39.2 Å². The van der Waals surface area contributed by atoms with Gasteiger partial charge < -0.3 is 13.7 Å². The van der Waals surface area contributed by atoms with Crippen molar-refractivity contribution in [3.05, 3.63) is 78.1 Å². The third-order valence-electron chi connectivity index (χ3n) is 6.11. The predicted molar refractivity (Wildman–Crippen MR) is 124 cm³/mol. The number of rotatable bonds is 5. The molecule has 0 fully saturated rings. The number of benzene rings is 2. The quantitative estimate of drug-likeness (QED) is 0.399. The lowest BCUT2D eigenvalue weighted by Gasteiger charge is -2.26. The Kier molecular flexibility index (Phi) is 5.13. The van der Waals surface area contributed by atoms with Gasteiger partial charge in [0.1, 0.15) is 11.6 Å². The van der Waals surface area contributed by atoms with Gasteiger partial charge in [0.25, 0.3) is 0 Å². The van der Waals surface area contributed by atoms with E-state index in [0.717, 1.165) is 53.5 Å². The second-order valence-electron chi connectivity index (χ2n) is 8.25. The van der Waals surface area contributed by atoms with Crippen LogP contribution in [0.25, 0.3) is 28.3 Å². The van der Waals surface area contributed by atoms with E-state index in [9.17, 15) is 0 Å². The smallest absolute Gasteiger partial charge is 0.191 e. The fraction of sp³-hybridized carbons (Fsp3) is 0.269. The topological polar surface area (TPSA) is 66.0 Å². The van der Waals surface area contributed by atoms with Gasteiger partial charge in [-0.3, -0.25) is 0 Å². The van der Waals surface area contributed by atoms with E-state index in [1.807, 2.05) is 25.1 Å². The van der Waals surface area contributed by atoms with Gasteiger partial charge in [0.2, 0.25) is 0 Å². The molecule has 5 rings (SSSR count). The van der Waals surface area contributed by atoms with Gasteiger partial charge >= 0.3 is 0 Å². The van der Waals surface area contributed by atoms with Gasteiger partial charge in [0.05, 0.1) is 18.9 Å². The van der Waals surface area contributed by atoms with Crippen LogP contribution in [0.2, 0.25) is 0 Å². The molecule has 4 aromatic rings. The van der Waals surface area contributed by atoms with E-state index >= 15 is 0 Å². The standard InChI is InChI=1S/C26H26N4O2/c1-16(2)19-8-5-6-9-20(19)21-10-7-13-30-25(28-29-26(21)30)18-11-12-22(23(14-18)31-4)24-15-27-17(3)32-24/h5-6,8-9,11-12,14-15,21H,1,7,10,13H2,2-4H3. The molecule has 0 saturated carbocycles. The molecule has 3 heterocycles. The molecule has 0 aliphatic carbocycles. The molecule has 1 atom stereocenters. The summed E-state index contributed by atoms with van der Waals surface area (Å²) in [5.74, 6) is 4.10. The average molecular weight is 427 g/mol. The number of allylic oxidation sites excluding steroid dienone is 1. The predicted octanol–water partition coefficient (Wildman–Crippen LogP) is 5.88. The zero-order chi connectivity index (χ0) is 22.2. The first-order chi connectivity index (χ1) is 15.6.